The van der Waals surface area contributed by atoms with E-state index in [1.165, 1.54) is 0 Å². The molecule has 1 atom stereocenters. The molecule has 1 aromatic rings. The first-order valence-corrected chi connectivity index (χ1v) is 11.0. The Morgan fingerprint density at radius 3 is 2.38 bits per heavy atom. The van der Waals surface area contributed by atoms with Crippen molar-refractivity contribution in [1.29, 1.82) is 0 Å². The molecule has 0 amide bonds. The van der Waals surface area contributed by atoms with Gasteiger partial charge in [-0.3, -0.25) is 4.98 Å². The number of hydrogen-bond donors (Lipinski definition) is 0. The molecule has 1 saturated heterocycles. The number of ether oxygens (including phenoxy) is 2. The van der Waals surface area contributed by atoms with E-state index in [1.807, 2.05) is 20.8 Å². The third kappa shape index (κ3) is 6.38. The molecule has 0 spiro atoms. The van der Waals surface area contributed by atoms with Crippen molar-refractivity contribution in [3.05, 3.63) is 21.9 Å². The van der Waals surface area contributed by atoms with E-state index >= 15 is 0 Å². The summed E-state index contributed by atoms with van der Waals surface area (Å²) in [6.07, 6.45) is 2.26. The van der Waals surface area contributed by atoms with Crippen LogP contribution in [-0.4, -0.2) is 35.7 Å². The van der Waals surface area contributed by atoms with E-state index < -0.39 is 24.3 Å². The summed E-state index contributed by atoms with van der Waals surface area (Å²) in [7, 11) is 0. The number of pyridine rings is 1. The van der Waals surface area contributed by atoms with Crippen molar-refractivity contribution in [3.8, 4) is 0 Å². The fourth-order valence-electron chi connectivity index (χ4n) is 3.44. The maximum absolute atomic E-state index is 14.0. The van der Waals surface area contributed by atoms with Crippen molar-refractivity contribution in [3.63, 3.8) is 0 Å². The Balaban J connectivity index is 2.59. The zero-order chi connectivity index (χ0) is 22.0. The molecule has 0 saturated carbocycles. The summed E-state index contributed by atoms with van der Waals surface area (Å²) in [5.74, 6) is -0.525. The Bertz CT molecular complexity index is 722. The predicted octanol–water partition coefficient (Wildman–Crippen LogP) is 5.75. The Kier molecular flexibility index (Phi) is 7.71. The third-order valence-electron chi connectivity index (χ3n) is 4.99. The minimum atomic E-state index is -1.06. The fraction of sp³-hybridized carbons (Fsp3) is 0.727. The van der Waals surface area contributed by atoms with Crippen molar-refractivity contribution in [2.45, 2.75) is 85.8 Å². The lowest BCUT2D eigenvalue weighted by Gasteiger charge is -2.40. The normalized spacial score (nSPS) is 18.1. The van der Waals surface area contributed by atoms with Gasteiger partial charge in [-0.25, -0.2) is 9.18 Å². The SMILES string of the molecule is CC(C)OC(=O)[C@@H](OC(C)(C)C)c1c(CF)ncc(Br)c1N1CCC(C)(C)CC1. The van der Waals surface area contributed by atoms with E-state index in [9.17, 15) is 9.18 Å². The quantitative estimate of drug-likeness (QED) is 0.493. The van der Waals surface area contributed by atoms with Gasteiger partial charge < -0.3 is 14.4 Å². The number of alkyl halides is 1. The molecule has 0 radical (unpaired) electrons. The van der Waals surface area contributed by atoms with Crippen molar-refractivity contribution >= 4 is 27.6 Å². The average Bonchev–Trinajstić information content (AvgIpc) is 2.58. The summed E-state index contributed by atoms with van der Waals surface area (Å²) in [5.41, 5.74) is 1.08. The van der Waals surface area contributed by atoms with Gasteiger partial charge in [0.15, 0.2) is 6.10 Å². The van der Waals surface area contributed by atoms with Gasteiger partial charge in [0.1, 0.15) is 6.67 Å². The molecule has 0 aliphatic carbocycles. The number of nitrogens with zero attached hydrogens (tertiary/aromatic N) is 2. The van der Waals surface area contributed by atoms with Gasteiger partial charge in [-0.15, -0.1) is 0 Å². The molecule has 29 heavy (non-hydrogen) atoms. The Hall–Kier alpha value is -1.21. The second kappa shape index (κ2) is 9.29. The molecule has 0 unspecified atom stereocenters. The van der Waals surface area contributed by atoms with E-state index in [2.05, 4.69) is 39.7 Å². The van der Waals surface area contributed by atoms with Crippen LogP contribution in [0.2, 0.25) is 0 Å². The zero-order valence-electron chi connectivity index (χ0n) is 18.6. The standard InChI is InChI=1S/C22H34BrFN2O3/c1-14(2)28-20(27)19(29-21(3,4)5)17-16(12-24)25-13-15(23)18(17)26-10-8-22(6,7)9-11-26/h13-14,19H,8-12H2,1-7H3/t19-/m0/s1. The molecular weight excluding hydrogens is 439 g/mol. The molecule has 1 aromatic heterocycles. The van der Waals surface area contributed by atoms with Gasteiger partial charge in [-0.2, -0.15) is 0 Å². The van der Waals surface area contributed by atoms with Crippen LogP contribution in [0.25, 0.3) is 0 Å². The molecule has 0 bridgehead atoms. The molecule has 0 N–H and O–H groups in total. The van der Waals surface area contributed by atoms with Crippen LogP contribution >= 0.6 is 15.9 Å². The lowest BCUT2D eigenvalue weighted by atomic mass is 9.82. The molecule has 164 valence electrons. The number of hydrogen-bond acceptors (Lipinski definition) is 5. The summed E-state index contributed by atoms with van der Waals surface area (Å²) in [6.45, 7) is 14.5. The second-order valence-corrected chi connectivity index (χ2v) is 10.6. The smallest absolute Gasteiger partial charge is 0.340 e. The van der Waals surface area contributed by atoms with E-state index in [-0.39, 0.29) is 17.2 Å². The van der Waals surface area contributed by atoms with Crippen LogP contribution in [-0.2, 0) is 20.9 Å². The van der Waals surface area contributed by atoms with Gasteiger partial charge in [0.05, 0.1) is 27.6 Å². The minimum absolute atomic E-state index is 0.211. The first-order valence-electron chi connectivity index (χ1n) is 10.2. The van der Waals surface area contributed by atoms with Crippen LogP contribution < -0.4 is 4.90 Å². The average molecular weight is 473 g/mol. The van der Waals surface area contributed by atoms with Crippen molar-refractivity contribution in [1.82, 2.24) is 4.98 Å². The maximum atomic E-state index is 14.0. The van der Waals surface area contributed by atoms with Crippen molar-refractivity contribution in [2.24, 2.45) is 5.41 Å². The fourth-order valence-corrected chi connectivity index (χ4v) is 4.01. The zero-order valence-corrected chi connectivity index (χ0v) is 20.2. The maximum Gasteiger partial charge on any atom is 0.340 e. The highest BCUT2D eigenvalue weighted by Crippen LogP contribution is 2.42. The number of carbonyl (C=O) groups is 1. The van der Waals surface area contributed by atoms with Gasteiger partial charge in [-0.1, -0.05) is 13.8 Å². The first kappa shape index (κ1) is 24.1. The van der Waals surface area contributed by atoms with E-state index in [0.717, 1.165) is 36.1 Å². The van der Waals surface area contributed by atoms with Crippen LogP contribution in [0.1, 0.15) is 78.7 Å². The number of carbonyl (C=O) groups excluding carboxylic acids is 1. The minimum Gasteiger partial charge on any atom is -0.461 e. The largest absolute Gasteiger partial charge is 0.461 e. The second-order valence-electron chi connectivity index (χ2n) is 9.70. The Morgan fingerprint density at radius 2 is 1.90 bits per heavy atom. The van der Waals surface area contributed by atoms with Crippen molar-refractivity contribution < 1.29 is 18.7 Å². The van der Waals surface area contributed by atoms with Crippen LogP contribution in [0.15, 0.2) is 10.7 Å². The summed E-state index contributed by atoms with van der Waals surface area (Å²) < 4.78 is 26.3. The third-order valence-corrected chi connectivity index (χ3v) is 5.57. The van der Waals surface area contributed by atoms with Crippen LogP contribution in [0.5, 0.6) is 0 Å². The number of aromatic nitrogens is 1. The highest BCUT2D eigenvalue weighted by Gasteiger charge is 2.37. The predicted molar refractivity (Wildman–Crippen MR) is 117 cm³/mol. The highest BCUT2D eigenvalue weighted by molar-refractivity contribution is 9.10. The van der Waals surface area contributed by atoms with E-state index in [4.69, 9.17) is 9.47 Å². The molecule has 0 aromatic carbocycles. The topological polar surface area (TPSA) is 51.7 Å². The molecule has 2 heterocycles. The summed E-state index contributed by atoms with van der Waals surface area (Å²) in [4.78, 5) is 19.5. The van der Waals surface area contributed by atoms with Gasteiger partial charge >= 0.3 is 5.97 Å². The van der Waals surface area contributed by atoms with Crippen molar-refractivity contribution in [2.75, 3.05) is 18.0 Å². The van der Waals surface area contributed by atoms with E-state index in [1.54, 1.807) is 20.0 Å². The van der Waals surface area contributed by atoms with Crippen LogP contribution in [0, 0.1) is 5.41 Å². The van der Waals surface area contributed by atoms with Crippen LogP contribution in [0.4, 0.5) is 10.1 Å². The monoisotopic (exact) mass is 472 g/mol. The molecule has 1 fully saturated rings. The summed E-state index contributed by atoms with van der Waals surface area (Å²) >= 11 is 3.59. The Labute approximate surface area is 182 Å². The van der Waals surface area contributed by atoms with Crippen LogP contribution in [0.3, 0.4) is 0 Å². The molecule has 5 nitrogen and oxygen atoms in total. The number of esters is 1. The molecule has 7 heteroatoms. The highest BCUT2D eigenvalue weighted by atomic mass is 79.9. The molecule has 2 rings (SSSR count). The number of anilines is 1. The number of rotatable bonds is 6. The van der Waals surface area contributed by atoms with E-state index in [0.29, 0.717) is 5.56 Å². The number of halogens is 2. The summed E-state index contributed by atoms with van der Waals surface area (Å²) in [5, 5.41) is 0. The van der Waals surface area contributed by atoms with Gasteiger partial charge in [0.2, 0.25) is 0 Å². The molecule has 1 aliphatic heterocycles. The lowest BCUT2D eigenvalue weighted by molar-refractivity contribution is -0.171. The summed E-state index contributed by atoms with van der Waals surface area (Å²) in [6, 6.07) is 0. The van der Waals surface area contributed by atoms with Gasteiger partial charge in [0, 0.05) is 24.8 Å². The number of piperidine rings is 1. The van der Waals surface area contributed by atoms with Gasteiger partial charge in [-0.05, 0) is 68.8 Å². The Morgan fingerprint density at radius 1 is 1.31 bits per heavy atom. The van der Waals surface area contributed by atoms with Gasteiger partial charge in [0.25, 0.3) is 0 Å². The first-order chi connectivity index (χ1) is 13.3. The lowest BCUT2D eigenvalue weighted by Crippen LogP contribution is -2.39. The molecular formula is C22H34BrFN2O3. The molecule has 1 aliphatic rings.